The van der Waals surface area contributed by atoms with E-state index in [0.29, 0.717) is 5.91 Å². The van der Waals surface area contributed by atoms with Gasteiger partial charge in [-0.1, -0.05) is 6.07 Å². The van der Waals surface area contributed by atoms with Crippen LogP contribution in [0.15, 0.2) is 24.5 Å². The number of aromatic nitrogens is 1. The van der Waals surface area contributed by atoms with E-state index in [2.05, 4.69) is 16.0 Å². The van der Waals surface area contributed by atoms with Crippen LogP contribution in [0.1, 0.15) is 24.8 Å². The number of pyridine rings is 1. The molecular weight excluding hydrogens is 278 g/mol. The molecule has 5 heteroatoms. The largest absolute Gasteiger partial charge is 0.371 e. The number of morpholine rings is 1. The molecule has 0 unspecified atom stereocenters. The van der Waals surface area contributed by atoms with Gasteiger partial charge < -0.3 is 9.64 Å². The summed E-state index contributed by atoms with van der Waals surface area (Å²) < 4.78 is 6.05. The fourth-order valence-electron chi connectivity index (χ4n) is 4.05. The number of rotatable bonds is 3. The fraction of sp³-hybridized carbons (Fsp3) is 0.647. The average Bonchev–Trinajstić information content (AvgIpc) is 3.16. The van der Waals surface area contributed by atoms with Crippen LogP contribution in [0, 0.1) is 5.92 Å². The molecule has 3 aliphatic rings. The molecule has 0 aliphatic carbocycles. The second-order valence-corrected chi connectivity index (χ2v) is 6.73. The van der Waals surface area contributed by atoms with E-state index in [1.54, 1.807) is 6.20 Å². The van der Waals surface area contributed by atoms with Gasteiger partial charge in [-0.3, -0.25) is 14.7 Å². The molecule has 0 spiro atoms. The molecule has 3 atom stereocenters. The third kappa shape index (κ3) is 2.75. The average molecular weight is 301 g/mol. The predicted molar refractivity (Wildman–Crippen MR) is 82.1 cm³/mol. The zero-order chi connectivity index (χ0) is 14.9. The van der Waals surface area contributed by atoms with Crippen molar-refractivity contribution in [1.29, 1.82) is 0 Å². The van der Waals surface area contributed by atoms with Gasteiger partial charge in [0, 0.05) is 45.1 Å². The first-order valence-electron chi connectivity index (χ1n) is 8.35. The highest BCUT2D eigenvalue weighted by molar-refractivity contribution is 5.80. The Morgan fingerprint density at radius 1 is 1.32 bits per heavy atom. The lowest BCUT2D eigenvalue weighted by atomic mass is 9.99. The number of ether oxygens (including phenoxy) is 1. The van der Waals surface area contributed by atoms with Gasteiger partial charge in [-0.15, -0.1) is 0 Å². The van der Waals surface area contributed by atoms with Crippen molar-refractivity contribution in [3.8, 4) is 0 Å². The summed E-state index contributed by atoms with van der Waals surface area (Å²) in [6, 6.07) is 4.08. The van der Waals surface area contributed by atoms with E-state index < -0.39 is 0 Å². The molecule has 22 heavy (non-hydrogen) atoms. The van der Waals surface area contributed by atoms with Gasteiger partial charge in [-0.25, -0.2) is 0 Å². The number of hydrogen-bond donors (Lipinski definition) is 0. The highest BCUT2D eigenvalue weighted by atomic mass is 16.5. The Kier molecular flexibility index (Phi) is 3.84. The summed E-state index contributed by atoms with van der Waals surface area (Å²) in [6.45, 7) is 4.55. The summed E-state index contributed by atoms with van der Waals surface area (Å²) in [5.74, 6) is 0.398. The lowest BCUT2D eigenvalue weighted by Crippen LogP contribution is -2.45. The van der Waals surface area contributed by atoms with Gasteiger partial charge in [-0.2, -0.15) is 0 Å². The molecular formula is C17H23N3O2. The number of carbonyl (C=O) groups is 1. The Balaban J connectivity index is 1.40. The SMILES string of the molecule is O=C([C@H]1C[C@@H]2CN(Cc3cccnc3)C[C@H]1O2)N1CCCC1. The summed E-state index contributed by atoms with van der Waals surface area (Å²) >= 11 is 0. The van der Waals surface area contributed by atoms with Gasteiger partial charge in [0.2, 0.25) is 5.91 Å². The van der Waals surface area contributed by atoms with Gasteiger partial charge in [-0.05, 0) is 30.9 Å². The Hall–Kier alpha value is -1.46. The lowest BCUT2D eigenvalue weighted by molar-refractivity contribution is -0.137. The topological polar surface area (TPSA) is 45.7 Å². The van der Waals surface area contributed by atoms with Gasteiger partial charge >= 0.3 is 0 Å². The van der Waals surface area contributed by atoms with E-state index in [0.717, 1.165) is 52.0 Å². The zero-order valence-electron chi connectivity index (χ0n) is 12.9. The number of fused-ring (bicyclic) bond motifs is 2. The minimum atomic E-state index is 0.0713. The molecule has 0 saturated carbocycles. The van der Waals surface area contributed by atoms with Crippen LogP contribution in [0.2, 0.25) is 0 Å². The van der Waals surface area contributed by atoms with E-state index in [-0.39, 0.29) is 18.1 Å². The van der Waals surface area contributed by atoms with Crippen LogP contribution >= 0.6 is 0 Å². The molecule has 0 aromatic carbocycles. The number of carbonyl (C=O) groups excluding carboxylic acids is 1. The highest BCUT2D eigenvalue weighted by Crippen LogP contribution is 2.34. The molecule has 2 bridgehead atoms. The maximum absolute atomic E-state index is 12.7. The highest BCUT2D eigenvalue weighted by Gasteiger charge is 2.45. The van der Waals surface area contributed by atoms with Crippen LogP contribution in [0.5, 0.6) is 0 Å². The maximum Gasteiger partial charge on any atom is 0.228 e. The van der Waals surface area contributed by atoms with Gasteiger partial charge in [0.15, 0.2) is 0 Å². The van der Waals surface area contributed by atoms with Crippen LogP contribution in [-0.2, 0) is 16.1 Å². The molecule has 1 aromatic rings. The Morgan fingerprint density at radius 2 is 2.18 bits per heavy atom. The van der Waals surface area contributed by atoms with Crippen molar-refractivity contribution >= 4 is 5.91 Å². The van der Waals surface area contributed by atoms with Crippen LogP contribution in [0.3, 0.4) is 0 Å². The number of amides is 1. The fourth-order valence-corrected chi connectivity index (χ4v) is 4.05. The first-order chi connectivity index (χ1) is 10.8. The standard InChI is InChI=1S/C17H23N3O2/c21-17(20-6-1-2-7-20)15-8-14-11-19(12-16(15)22-14)10-13-4-3-5-18-9-13/h3-5,9,14-16H,1-2,6-8,10-12H2/t14-,15+,16-/m1/s1. The second-order valence-electron chi connectivity index (χ2n) is 6.73. The van der Waals surface area contributed by atoms with E-state index in [1.165, 1.54) is 5.56 Å². The monoisotopic (exact) mass is 301 g/mol. The number of hydrogen-bond acceptors (Lipinski definition) is 4. The smallest absolute Gasteiger partial charge is 0.228 e. The van der Waals surface area contributed by atoms with Crippen molar-refractivity contribution in [2.75, 3.05) is 26.2 Å². The summed E-state index contributed by atoms with van der Waals surface area (Å²) in [4.78, 5) is 21.3. The first kappa shape index (κ1) is 14.2. The molecule has 4 rings (SSSR count). The normalized spacial score (nSPS) is 31.6. The van der Waals surface area contributed by atoms with Crippen molar-refractivity contribution in [1.82, 2.24) is 14.8 Å². The van der Waals surface area contributed by atoms with Gasteiger partial charge in [0.25, 0.3) is 0 Å². The van der Waals surface area contributed by atoms with E-state index in [4.69, 9.17) is 4.74 Å². The molecule has 3 fully saturated rings. The minimum absolute atomic E-state index is 0.0713. The third-order valence-electron chi connectivity index (χ3n) is 5.10. The van der Waals surface area contributed by atoms with Crippen molar-refractivity contribution in [3.63, 3.8) is 0 Å². The van der Waals surface area contributed by atoms with Crippen molar-refractivity contribution < 1.29 is 9.53 Å². The van der Waals surface area contributed by atoms with E-state index >= 15 is 0 Å². The lowest BCUT2D eigenvalue weighted by Gasteiger charge is -2.33. The summed E-state index contributed by atoms with van der Waals surface area (Å²) in [5.41, 5.74) is 1.23. The molecule has 5 nitrogen and oxygen atoms in total. The molecule has 3 aliphatic heterocycles. The Labute approximate surface area is 131 Å². The summed E-state index contributed by atoms with van der Waals surface area (Å²) in [6.07, 6.45) is 7.21. The van der Waals surface area contributed by atoms with Gasteiger partial charge in [0.05, 0.1) is 18.1 Å². The molecule has 118 valence electrons. The summed E-state index contributed by atoms with van der Waals surface area (Å²) in [5, 5.41) is 0. The Morgan fingerprint density at radius 3 is 2.95 bits per heavy atom. The third-order valence-corrected chi connectivity index (χ3v) is 5.10. The quantitative estimate of drug-likeness (QED) is 0.844. The van der Waals surface area contributed by atoms with E-state index in [1.807, 2.05) is 17.2 Å². The van der Waals surface area contributed by atoms with Crippen molar-refractivity contribution in [2.45, 2.75) is 38.0 Å². The van der Waals surface area contributed by atoms with Crippen LogP contribution in [0.4, 0.5) is 0 Å². The Bertz CT molecular complexity index is 530. The molecule has 0 N–H and O–H groups in total. The minimum Gasteiger partial charge on any atom is -0.371 e. The van der Waals surface area contributed by atoms with Crippen molar-refractivity contribution in [2.24, 2.45) is 5.92 Å². The molecule has 3 saturated heterocycles. The van der Waals surface area contributed by atoms with Crippen molar-refractivity contribution in [3.05, 3.63) is 30.1 Å². The second kappa shape index (κ2) is 5.97. The molecule has 4 heterocycles. The first-order valence-corrected chi connectivity index (χ1v) is 8.35. The maximum atomic E-state index is 12.7. The zero-order valence-corrected chi connectivity index (χ0v) is 12.9. The molecule has 1 amide bonds. The predicted octanol–water partition coefficient (Wildman–Crippen LogP) is 1.29. The van der Waals surface area contributed by atoms with E-state index in [9.17, 15) is 4.79 Å². The van der Waals surface area contributed by atoms with Gasteiger partial charge in [0.1, 0.15) is 0 Å². The van der Waals surface area contributed by atoms with Crippen LogP contribution in [-0.4, -0.2) is 59.1 Å². The number of likely N-dealkylation sites (tertiary alicyclic amines) is 2. The van der Waals surface area contributed by atoms with Crippen LogP contribution < -0.4 is 0 Å². The van der Waals surface area contributed by atoms with Crippen LogP contribution in [0.25, 0.3) is 0 Å². The molecule has 0 radical (unpaired) electrons. The summed E-state index contributed by atoms with van der Waals surface area (Å²) in [7, 11) is 0. The molecule has 1 aromatic heterocycles. The number of nitrogens with zero attached hydrogens (tertiary/aromatic N) is 3.